The van der Waals surface area contributed by atoms with Crippen LogP contribution in [0.25, 0.3) is 11.4 Å². The van der Waals surface area contributed by atoms with Crippen molar-refractivity contribution in [1.82, 2.24) is 20.3 Å². The van der Waals surface area contributed by atoms with Crippen molar-refractivity contribution in [3.8, 4) is 11.4 Å². The zero-order valence-electron chi connectivity index (χ0n) is 12.5. The van der Waals surface area contributed by atoms with Gasteiger partial charge in [0.1, 0.15) is 5.01 Å². The van der Waals surface area contributed by atoms with E-state index in [4.69, 9.17) is 4.52 Å². The summed E-state index contributed by atoms with van der Waals surface area (Å²) in [5, 5.41) is 12.4. The van der Waals surface area contributed by atoms with Gasteiger partial charge in [-0.15, -0.1) is 10.2 Å². The van der Waals surface area contributed by atoms with Gasteiger partial charge in [-0.2, -0.15) is 18.2 Å². The van der Waals surface area contributed by atoms with E-state index < -0.39 is 11.7 Å². The molecule has 1 aromatic carbocycles. The van der Waals surface area contributed by atoms with Crippen molar-refractivity contribution in [3.63, 3.8) is 0 Å². The lowest BCUT2D eigenvalue weighted by atomic mass is 10.1. The molecule has 10 heteroatoms. The molecule has 0 saturated heterocycles. The first-order valence-corrected chi connectivity index (χ1v) is 8.50. The normalized spacial score (nSPS) is 13.2. The third kappa shape index (κ3) is 3.75. The van der Waals surface area contributed by atoms with Crippen molar-refractivity contribution >= 4 is 23.1 Å². The van der Waals surface area contributed by atoms with E-state index >= 15 is 0 Å². The van der Waals surface area contributed by atoms with Crippen LogP contribution in [0.2, 0.25) is 0 Å². The minimum absolute atomic E-state index is 0.122. The van der Waals surface area contributed by atoms with Crippen molar-refractivity contribution in [3.05, 3.63) is 40.7 Å². The molecule has 0 radical (unpaired) electrons. The molecule has 24 heavy (non-hydrogen) atoms. The number of benzene rings is 1. The molecule has 0 saturated carbocycles. The van der Waals surface area contributed by atoms with Crippen LogP contribution >= 0.6 is 23.1 Å². The third-order valence-corrected chi connectivity index (χ3v) is 5.03. The SMILES string of the molecule is Cc1nnc(S[C@H](C)c2nc(-c3cccc(C(F)(F)F)c3)no2)s1. The molecule has 3 rings (SSSR count). The number of rotatable bonds is 4. The van der Waals surface area contributed by atoms with Gasteiger partial charge in [-0.05, 0) is 26.0 Å². The Kier molecular flexibility index (Phi) is 4.59. The number of aryl methyl sites for hydroxylation is 1. The van der Waals surface area contributed by atoms with Crippen LogP contribution in [0.5, 0.6) is 0 Å². The molecular formula is C14H11F3N4OS2. The zero-order valence-corrected chi connectivity index (χ0v) is 14.2. The largest absolute Gasteiger partial charge is 0.416 e. The number of hydrogen-bond donors (Lipinski definition) is 0. The Hall–Kier alpha value is -1.94. The second-order valence-corrected chi connectivity index (χ2v) is 7.65. The lowest BCUT2D eigenvalue weighted by molar-refractivity contribution is -0.137. The molecule has 0 spiro atoms. The molecule has 5 nitrogen and oxygen atoms in total. The standard InChI is InChI=1S/C14H11F3N4OS2/c1-7(23-13-20-19-8(2)24-13)12-18-11(21-22-12)9-4-3-5-10(6-9)14(15,16)17/h3-7H,1-2H3/t7-/m1/s1. The Bertz CT molecular complexity index is 846. The quantitative estimate of drug-likeness (QED) is 0.615. The summed E-state index contributed by atoms with van der Waals surface area (Å²) in [4.78, 5) is 4.20. The molecule has 0 unspecified atom stereocenters. The van der Waals surface area contributed by atoms with Crippen molar-refractivity contribution < 1.29 is 17.7 Å². The molecule has 0 bridgehead atoms. The highest BCUT2D eigenvalue weighted by Gasteiger charge is 2.31. The van der Waals surface area contributed by atoms with Gasteiger partial charge in [-0.25, -0.2) is 0 Å². The number of alkyl halides is 3. The molecule has 2 heterocycles. The average Bonchev–Trinajstić information content (AvgIpc) is 3.16. The minimum Gasteiger partial charge on any atom is -0.338 e. The number of hydrogen-bond acceptors (Lipinski definition) is 7. The monoisotopic (exact) mass is 372 g/mol. The summed E-state index contributed by atoms with van der Waals surface area (Å²) >= 11 is 2.85. The summed E-state index contributed by atoms with van der Waals surface area (Å²) in [6.07, 6.45) is -4.42. The van der Waals surface area contributed by atoms with E-state index in [1.807, 2.05) is 13.8 Å². The van der Waals surface area contributed by atoms with Crippen LogP contribution in [-0.4, -0.2) is 20.3 Å². The smallest absolute Gasteiger partial charge is 0.338 e. The Balaban J connectivity index is 1.80. The van der Waals surface area contributed by atoms with E-state index in [-0.39, 0.29) is 16.6 Å². The van der Waals surface area contributed by atoms with Gasteiger partial charge < -0.3 is 4.52 Å². The topological polar surface area (TPSA) is 64.7 Å². The van der Waals surface area contributed by atoms with Gasteiger partial charge in [0.25, 0.3) is 0 Å². The molecule has 0 amide bonds. The second kappa shape index (κ2) is 6.52. The van der Waals surface area contributed by atoms with Crippen LogP contribution in [0.4, 0.5) is 13.2 Å². The highest BCUT2D eigenvalue weighted by molar-refractivity contribution is 8.01. The summed E-state index contributed by atoms with van der Waals surface area (Å²) < 4.78 is 44.3. The van der Waals surface area contributed by atoms with Crippen LogP contribution in [0.1, 0.15) is 28.6 Å². The first-order valence-electron chi connectivity index (χ1n) is 6.81. The van der Waals surface area contributed by atoms with E-state index in [0.717, 1.165) is 21.5 Å². The molecule has 0 N–H and O–H groups in total. The van der Waals surface area contributed by atoms with E-state index in [9.17, 15) is 13.2 Å². The molecular weight excluding hydrogens is 361 g/mol. The fourth-order valence-electron chi connectivity index (χ4n) is 1.88. The summed E-state index contributed by atoms with van der Waals surface area (Å²) in [6.45, 7) is 3.70. The molecule has 0 aliphatic heterocycles. The Morgan fingerprint density at radius 3 is 2.71 bits per heavy atom. The number of halogens is 3. The van der Waals surface area contributed by atoms with Crippen LogP contribution in [-0.2, 0) is 6.18 Å². The summed E-state index contributed by atoms with van der Waals surface area (Å²) in [5.74, 6) is 0.442. The lowest BCUT2D eigenvalue weighted by Crippen LogP contribution is -2.04. The Labute approximate surface area is 143 Å². The molecule has 0 fully saturated rings. The van der Waals surface area contributed by atoms with E-state index in [0.29, 0.717) is 5.89 Å². The number of thioether (sulfide) groups is 1. The molecule has 0 aliphatic rings. The maximum atomic E-state index is 12.8. The van der Waals surface area contributed by atoms with E-state index in [1.165, 1.54) is 35.2 Å². The predicted octanol–water partition coefficient (Wildman–Crippen LogP) is 4.77. The van der Waals surface area contributed by atoms with Crippen molar-refractivity contribution in [2.75, 3.05) is 0 Å². The van der Waals surface area contributed by atoms with E-state index in [1.54, 1.807) is 0 Å². The van der Waals surface area contributed by atoms with Crippen LogP contribution in [0.15, 0.2) is 33.1 Å². The fourth-order valence-corrected chi connectivity index (χ4v) is 3.87. The highest BCUT2D eigenvalue weighted by atomic mass is 32.2. The second-order valence-electron chi connectivity index (χ2n) is 4.88. The number of nitrogens with zero attached hydrogens (tertiary/aromatic N) is 4. The predicted molar refractivity (Wildman–Crippen MR) is 83.7 cm³/mol. The summed E-state index contributed by atoms with van der Waals surface area (Å²) in [6, 6.07) is 4.83. The Morgan fingerprint density at radius 1 is 1.25 bits per heavy atom. The van der Waals surface area contributed by atoms with Gasteiger partial charge in [-0.1, -0.05) is 40.4 Å². The minimum atomic E-state index is -4.42. The molecule has 0 aliphatic carbocycles. The van der Waals surface area contributed by atoms with Crippen molar-refractivity contribution in [2.24, 2.45) is 0 Å². The molecule has 1 atom stereocenters. The molecule has 126 valence electrons. The first-order chi connectivity index (χ1) is 11.3. The van der Waals surface area contributed by atoms with Crippen molar-refractivity contribution in [2.45, 2.75) is 29.6 Å². The highest BCUT2D eigenvalue weighted by Crippen LogP contribution is 2.36. The van der Waals surface area contributed by atoms with Crippen LogP contribution in [0, 0.1) is 6.92 Å². The van der Waals surface area contributed by atoms with Gasteiger partial charge >= 0.3 is 6.18 Å². The van der Waals surface area contributed by atoms with Crippen LogP contribution < -0.4 is 0 Å². The van der Waals surface area contributed by atoms with Gasteiger partial charge in [0, 0.05) is 5.56 Å². The van der Waals surface area contributed by atoms with Crippen LogP contribution in [0.3, 0.4) is 0 Å². The summed E-state index contributed by atoms with van der Waals surface area (Å²) in [5.41, 5.74) is -0.498. The number of aromatic nitrogens is 4. The first kappa shape index (κ1) is 16.9. The van der Waals surface area contributed by atoms with Gasteiger partial charge in [0.15, 0.2) is 4.34 Å². The van der Waals surface area contributed by atoms with Crippen molar-refractivity contribution in [1.29, 1.82) is 0 Å². The third-order valence-electron chi connectivity index (χ3n) is 3.02. The van der Waals surface area contributed by atoms with Gasteiger partial charge in [-0.3, -0.25) is 0 Å². The maximum Gasteiger partial charge on any atom is 0.416 e. The zero-order chi connectivity index (χ0) is 17.3. The average molecular weight is 372 g/mol. The van der Waals surface area contributed by atoms with E-state index in [2.05, 4.69) is 20.3 Å². The molecule has 3 aromatic rings. The Morgan fingerprint density at radius 2 is 2.04 bits per heavy atom. The molecule has 2 aromatic heterocycles. The maximum absolute atomic E-state index is 12.8. The van der Waals surface area contributed by atoms with Gasteiger partial charge in [0.2, 0.25) is 11.7 Å². The van der Waals surface area contributed by atoms with Gasteiger partial charge in [0.05, 0.1) is 10.8 Å². The fraction of sp³-hybridized carbons (Fsp3) is 0.286. The lowest BCUT2D eigenvalue weighted by Gasteiger charge is -2.06. The summed E-state index contributed by atoms with van der Waals surface area (Å²) in [7, 11) is 0.